The Labute approximate surface area is 171 Å². The lowest BCUT2D eigenvalue weighted by atomic mass is 9.85. The Hall–Kier alpha value is -2.60. The van der Waals surface area contributed by atoms with E-state index in [-0.39, 0.29) is 18.0 Å². The molecule has 3 aliphatic rings. The van der Waals surface area contributed by atoms with Gasteiger partial charge in [-0.1, -0.05) is 24.3 Å². The predicted octanol–water partition coefficient (Wildman–Crippen LogP) is 3.07. The first-order valence-corrected chi connectivity index (χ1v) is 10.6. The van der Waals surface area contributed by atoms with Gasteiger partial charge in [0, 0.05) is 25.7 Å². The lowest BCUT2D eigenvalue weighted by molar-refractivity contribution is -0.137. The molecule has 1 aromatic carbocycles. The van der Waals surface area contributed by atoms with Crippen molar-refractivity contribution in [2.24, 2.45) is 0 Å². The van der Waals surface area contributed by atoms with Crippen molar-refractivity contribution in [3.05, 3.63) is 59.5 Å². The van der Waals surface area contributed by atoms with Crippen LogP contribution in [0, 0.1) is 0 Å². The molecule has 2 saturated heterocycles. The number of urea groups is 1. The summed E-state index contributed by atoms with van der Waals surface area (Å²) in [6.07, 6.45) is 4.60. The Balaban J connectivity index is 1.34. The maximum absolute atomic E-state index is 13.7. The minimum Gasteiger partial charge on any atom is -0.468 e. The summed E-state index contributed by atoms with van der Waals surface area (Å²) in [7, 11) is 0. The van der Waals surface area contributed by atoms with Crippen LogP contribution in [0.2, 0.25) is 0 Å². The smallest absolute Gasteiger partial charge is 0.327 e. The quantitative estimate of drug-likeness (QED) is 0.749. The number of rotatable bonds is 4. The number of hydrogen-bond acceptors (Lipinski definition) is 4. The Bertz CT molecular complexity index is 890. The summed E-state index contributed by atoms with van der Waals surface area (Å²) in [6.45, 7) is 4.87. The van der Waals surface area contributed by atoms with Crippen LogP contribution in [0.3, 0.4) is 0 Å². The van der Waals surface area contributed by atoms with Crippen molar-refractivity contribution in [1.29, 1.82) is 0 Å². The van der Waals surface area contributed by atoms with E-state index in [9.17, 15) is 9.59 Å². The van der Waals surface area contributed by atoms with E-state index in [0.717, 1.165) is 38.2 Å². The Kier molecular flexibility index (Phi) is 4.46. The third kappa shape index (κ3) is 2.89. The molecule has 0 saturated carbocycles. The first-order valence-electron chi connectivity index (χ1n) is 10.6. The molecule has 29 heavy (non-hydrogen) atoms. The van der Waals surface area contributed by atoms with Gasteiger partial charge in [0.25, 0.3) is 5.91 Å². The Morgan fingerprint density at radius 2 is 1.72 bits per heavy atom. The second kappa shape index (κ2) is 7.02. The molecule has 2 fully saturated rings. The van der Waals surface area contributed by atoms with Gasteiger partial charge in [0.15, 0.2) is 0 Å². The van der Waals surface area contributed by atoms with Crippen molar-refractivity contribution in [1.82, 2.24) is 14.7 Å². The van der Waals surface area contributed by atoms with Crippen LogP contribution >= 0.6 is 0 Å². The summed E-state index contributed by atoms with van der Waals surface area (Å²) in [5.41, 5.74) is 1.84. The summed E-state index contributed by atoms with van der Waals surface area (Å²) in [4.78, 5) is 32.7. The predicted molar refractivity (Wildman–Crippen MR) is 108 cm³/mol. The fourth-order valence-corrected chi connectivity index (χ4v) is 5.41. The van der Waals surface area contributed by atoms with E-state index in [1.54, 1.807) is 11.2 Å². The molecule has 1 aromatic heterocycles. The molecule has 2 aromatic rings. The lowest BCUT2D eigenvalue weighted by Gasteiger charge is -2.41. The first kappa shape index (κ1) is 18.4. The van der Waals surface area contributed by atoms with E-state index in [2.05, 4.69) is 17.0 Å². The molecule has 3 amide bonds. The van der Waals surface area contributed by atoms with Gasteiger partial charge in [0.2, 0.25) is 0 Å². The average Bonchev–Trinajstić information content (AvgIpc) is 3.42. The fourth-order valence-electron chi connectivity index (χ4n) is 5.41. The molecular weight excluding hydrogens is 366 g/mol. The first-order chi connectivity index (χ1) is 14.1. The van der Waals surface area contributed by atoms with Gasteiger partial charge in [-0.25, -0.2) is 4.79 Å². The van der Waals surface area contributed by atoms with E-state index in [0.29, 0.717) is 19.4 Å². The minimum atomic E-state index is -0.680. The van der Waals surface area contributed by atoms with Gasteiger partial charge in [0.05, 0.1) is 12.8 Å². The average molecular weight is 393 g/mol. The highest BCUT2D eigenvalue weighted by Gasteiger charge is 2.59. The number of fused-ring (bicyclic) bond motifs is 1. The largest absolute Gasteiger partial charge is 0.468 e. The van der Waals surface area contributed by atoms with E-state index < -0.39 is 5.54 Å². The van der Waals surface area contributed by atoms with Gasteiger partial charge in [0.1, 0.15) is 11.3 Å². The van der Waals surface area contributed by atoms with Crippen molar-refractivity contribution < 1.29 is 14.0 Å². The van der Waals surface area contributed by atoms with Gasteiger partial charge in [-0.15, -0.1) is 0 Å². The molecule has 152 valence electrons. The molecule has 0 atom stereocenters. The monoisotopic (exact) mass is 393 g/mol. The maximum atomic E-state index is 13.7. The summed E-state index contributed by atoms with van der Waals surface area (Å²) < 4.78 is 5.47. The van der Waals surface area contributed by atoms with Crippen LogP contribution < -0.4 is 0 Å². The molecule has 0 unspecified atom stereocenters. The van der Waals surface area contributed by atoms with Crippen LogP contribution in [0.15, 0.2) is 47.1 Å². The van der Waals surface area contributed by atoms with Gasteiger partial charge >= 0.3 is 6.03 Å². The zero-order valence-corrected chi connectivity index (χ0v) is 16.8. The molecule has 0 N–H and O–H groups in total. The lowest BCUT2D eigenvalue weighted by Crippen LogP contribution is -2.56. The van der Waals surface area contributed by atoms with Crippen molar-refractivity contribution in [2.75, 3.05) is 19.6 Å². The number of piperidine rings is 1. The van der Waals surface area contributed by atoms with E-state index >= 15 is 0 Å². The van der Waals surface area contributed by atoms with Gasteiger partial charge < -0.3 is 9.32 Å². The topological polar surface area (TPSA) is 57.0 Å². The van der Waals surface area contributed by atoms with Crippen molar-refractivity contribution in [3.8, 4) is 0 Å². The molecule has 0 bridgehead atoms. The second-order valence-corrected chi connectivity index (χ2v) is 8.42. The summed E-state index contributed by atoms with van der Waals surface area (Å²) in [5, 5.41) is 0. The van der Waals surface area contributed by atoms with E-state index in [1.165, 1.54) is 11.1 Å². The molecule has 3 heterocycles. The molecule has 1 spiro atoms. The van der Waals surface area contributed by atoms with Gasteiger partial charge in [-0.2, -0.15) is 0 Å². The van der Waals surface area contributed by atoms with Crippen LogP contribution in [-0.4, -0.2) is 57.9 Å². The SMILES string of the molecule is CCN1C(=O)N(C2Cc3ccccc3C2)C(=O)C12CCN(Cc1ccco1)CC2. The van der Waals surface area contributed by atoms with Gasteiger partial charge in [-0.3, -0.25) is 14.6 Å². The summed E-state index contributed by atoms with van der Waals surface area (Å²) >= 11 is 0. The number of nitrogens with zero attached hydrogens (tertiary/aromatic N) is 3. The molecule has 2 aliphatic heterocycles. The number of carbonyl (C=O) groups excluding carboxylic acids is 2. The number of hydrogen-bond donors (Lipinski definition) is 0. The number of carbonyl (C=O) groups is 2. The molecule has 1 aliphatic carbocycles. The Morgan fingerprint density at radius 3 is 2.31 bits per heavy atom. The zero-order chi connectivity index (χ0) is 20.0. The van der Waals surface area contributed by atoms with Crippen LogP contribution in [0.1, 0.15) is 36.7 Å². The standard InChI is InChI=1S/C23H27N3O3/c1-2-25-22(28)26(19-14-17-6-3-4-7-18(17)15-19)21(27)23(25)9-11-24(12-10-23)16-20-8-5-13-29-20/h3-8,13,19H,2,9-12,14-16H2,1H3. The second-order valence-electron chi connectivity index (χ2n) is 8.42. The highest BCUT2D eigenvalue weighted by atomic mass is 16.3. The van der Waals surface area contributed by atoms with Crippen LogP contribution in [0.4, 0.5) is 4.79 Å². The highest BCUT2D eigenvalue weighted by molar-refractivity contribution is 6.07. The molecule has 5 rings (SSSR count). The van der Waals surface area contributed by atoms with Crippen molar-refractivity contribution >= 4 is 11.9 Å². The van der Waals surface area contributed by atoms with Crippen LogP contribution in [-0.2, 0) is 24.2 Å². The van der Waals surface area contributed by atoms with E-state index in [4.69, 9.17) is 4.42 Å². The molecule has 6 heteroatoms. The fraction of sp³-hybridized carbons (Fsp3) is 0.478. The number of likely N-dealkylation sites (tertiary alicyclic amines) is 1. The summed E-state index contributed by atoms with van der Waals surface area (Å²) in [6, 6.07) is 12.0. The normalized spacial score (nSPS) is 22.1. The minimum absolute atomic E-state index is 0.0137. The number of likely N-dealkylation sites (N-methyl/N-ethyl adjacent to an activating group) is 1. The number of benzene rings is 1. The number of imide groups is 1. The maximum Gasteiger partial charge on any atom is 0.327 e. The molecule has 6 nitrogen and oxygen atoms in total. The highest BCUT2D eigenvalue weighted by Crippen LogP contribution is 2.40. The third-order valence-corrected chi connectivity index (χ3v) is 6.92. The van der Waals surface area contributed by atoms with Crippen molar-refractivity contribution in [3.63, 3.8) is 0 Å². The number of furan rings is 1. The molecular formula is C23H27N3O3. The Morgan fingerprint density at radius 1 is 1.03 bits per heavy atom. The van der Waals surface area contributed by atoms with Crippen molar-refractivity contribution in [2.45, 2.75) is 50.7 Å². The summed E-state index contributed by atoms with van der Waals surface area (Å²) in [5.74, 6) is 0.951. The van der Waals surface area contributed by atoms with Crippen LogP contribution in [0.25, 0.3) is 0 Å². The van der Waals surface area contributed by atoms with E-state index in [1.807, 2.05) is 36.1 Å². The van der Waals surface area contributed by atoms with Gasteiger partial charge in [-0.05, 0) is 55.9 Å². The zero-order valence-electron chi connectivity index (χ0n) is 16.8. The van der Waals surface area contributed by atoms with Crippen LogP contribution in [0.5, 0.6) is 0 Å². The number of amides is 3. The third-order valence-electron chi connectivity index (χ3n) is 6.92. The molecule has 0 radical (unpaired) electrons.